The van der Waals surface area contributed by atoms with Crippen molar-refractivity contribution in [2.24, 2.45) is 4.99 Å². The highest BCUT2D eigenvalue weighted by molar-refractivity contribution is 6.34. The third kappa shape index (κ3) is 3.53. The molecule has 0 saturated heterocycles. The van der Waals surface area contributed by atoms with Gasteiger partial charge in [-0.3, -0.25) is 9.59 Å². The second kappa shape index (κ2) is 7.14. The standard InChI is InChI=1S/C20H16ClNO4/c1-13(12-17(23)25-14-8-4-3-5-9-14)20(2)19(24)22-18(26-20)15-10-6-7-11-16(15)21/h3-11H,1,12H2,2H3/t20-/m1/s1. The molecule has 0 bridgehead atoms. The molecule has 2 aromatic rings. The third-order valence-corrected chi connectivity index (χ3v) is 4.35. The van der Waals surface area contributed by atoms with Crippen molar-refractivity contribution in [2.75, 3.05) is 0 Å². The highest BCUT2D eigenvalue weighted by atomic mass is 35.5. The summed E-state index contributed by atoms with van der Waals surface area (Å²) in [5.41, 5.74) is -0.676. The minimum atomic E-state index is -1.44. The maximum atomic E-state index is 12.4. The first-order valence-corrected chi connectivity index (χ1v) is 8.29. The Labute approximate surface area is 155 Å². The fourth-order valence-electron chi connectivity index (χ4n) is 2.43. The predicted molar refractivity (Wildman–Crippen MR) is 98.3 cm³/mol. The predicted octanol–water partition coefficient (Wildman–Crippen LogP) is 3.95. The number of halogens is 1. The molecule has 132 valence electrons. The molecule has 1 amide bonds. The molecule has 1 aliphatic heterocycles. The van der Waals surface area contributed by atoms with Gasteiger partial charge in [0, 0.05) is 0 Å². The Morgan fingerprint density at radius 2 is 1.85 bits per heavy atom. The minimum Gasteiger partial charge on any atom is -0.456 e. The molecule has 0 aliphatic carbocycles. The second-order valence-electron chi connectivity index (χ2n) is 5.90. The molecule has 2 aromatic carbocycles. The average Bonchev–Trinajstić information content (AvgIpc) is 2.92. The number of amides is 1. The van der Waals surface area contributed by atoms with E-state index in [-0.39, 0.29) is 17.9 Å². The summed E-state index contributed by atoms with van der Waals surface area (Å²) in [4.78, 5) is 28.5. The summed E-state index contributed by atoms with van der Waals surface area (Å²) in [6.07, 6.45) is -0.178. The number of benzene rings is 2. The molecule has 5 nitrogen and oxygen atoms in total. The van der Waals surface area contributed by atoms with Crippen LogP contribution < -0.4 is 4.74 Å². The Kier molecular flexibility index (Phi) is 4.91. The molecule has 6 heteroatoms. The van der Waals surface area contributed by atoms with Gasteiger partial charge in [0.2, 0.25) is 11.5 Å². The second-order valence-corrected chi connectivity index (χ2v) is 6.31. The van der Waals surface area contributed by atoms with Crippen molar-refractivity contribution in [3.8, 4) is 5.75 Å². The Morgan fingerprint density at radius 3 is 2.54 bits per heavy atom. The SMILES string of the molecule is C=C(CC(=O)Oc1ccccc1)[C@@]1(C)OC(c2ccccc2Cl)=NC1=O. The van der Waals surface area contributed by atoms with Crippen molar-refractivity contribution >= 4 is 29.4 Å². The van der Waals surface area contributed by atoms with Crippen LogP contribution in [0.2, 0.25) is 5.02 Å². The molecule has 0 aromatic heterocycles. The zero-order chi connectivity index (χ0) is 18.7. The van der Waals surface area contributed by atoms with Gasteiger partial charge in [0.1, 0.15) is 5.75 Å². The van der Waals surface area contributed by atoms with Gasteiger partial charge < -0.3 is 9.47 Å². The Balaban J connectivity index is 1.71. The molecular weight excluding hydrogens is 354 g/mol. The van der Waals surface area contributed by atoms with Crippen LogP contribution in [0.1, 0.15) is 18.9 Å². The molecule has 0 radical (unpaired) electrons. The van der Waals surface area contributed by atoms with E-state index in [1.54, 1.807) is 48.5 Å². The van der Waals surface area contributed by atoms with E-state index in [0.29, 0.717) is 16.3 Å². The van der Waals surface area contributed by atoms with E-state index in [0.717, 1.165) is 0 Å². The highest BCUT2D eigenvalue weighted by Gasteiger charge is 2.45. The summed E-state index contributed by atoms with van der Waals surface area (Å²) in [6.45, 7) is 5.37. The summed E-state index contributed by atoms with van der Waals surface area (Å²) in [7, 11) is 0. The van der Waals surface area contributed by atoms with Crippen LogP contribution in [0, 0.1) is 0 Å². The maximum absolute atomic E-state index is 12.4. The molecule has 1 aliphatic rings. The smallest absolute Gasteiger partial charge is 0.315 e. The van der Waals surface area contributed by atoms with Gasteiger partial charge in [-0.15, -0.1) is 0 Å². The zero-order valence-corrected chi connectivity index (χ0v) is 14.8. The van der Waals surface area contributed by atoms with E-state index in [9.17, 15) is 9.59 Å². The van der Waals surface area contributed by atoms with E-state index >= 15 is 0 Å². The van der Waals surface area contributed by atoms with E-state index in [1.165, 1.54) is 6.92 Å². The van der Waals surface area contributed by atoms with E-state index in [1.807, 2.05) is 6.07 Å². The molecule has 0 unspecified atom stereocenters. The van der Waals surface area contributed by atoms with Crippen molar-refractivity contribution in [3.63, 3.8) is 0 Å². The summed E-state index contributed by atoms with van der Waals surface area (Å²) in [6, 6.07) is 15.6. The van der Waals surface area contributed by atoms with Gasteiger partial charge in [-0.25, -0.2) is 0 Å². The first kappa shape index (κ1) is 17.9. The van der Waals surface area contributed by atoms with Crippen LogP contribution in [-0.4, -0.2) is 23.4 Å². The monoisotopic (exact) mass is 369 g/mol. The van der Waals surface area contributed by atoms with Gasteiger partial charge in [0.25, 0.3) is 5.91 Å². The third-order valence-electron chi connectivity index (χ3n) is 4.02. The van der Waals surface area contributed by atoms with Crippen molar-refractivity contribution in [1.82, 2.24) is 0 Å². The lowest BCUT2D eigenvalue weighted by Gasteiger charge is -2.24. The van der Waals surface area contributed by atoms with Crippen LogP contribution in [0.25, 0.3) is 0 Å². The van der Waals surface area contributed by atoms with E-state index in [4.69, 9.17) is 21.1 Å². The van der Waals surface area contributed by atoms with E-state index in [2.05, 4.69) is 11.6 Å². The number of hydrogen-bond donors (Lipinski definition) is 0. The van der Waals surface area contributed by atoms with Crippen molar-refractivity contribution < 1.29 is 19.1 Å². The molecule has 0 fully saturated rings. The summed E-state index contributed by atoms with van der Waals surface area (Å²) >= 11 is 6.13. The van der Waals surface area contributed by atoms with Crippen molar-refractivity contribution in [3.05, 3.63) is 77.3 Å². The quantitative estimate of drug-likeness (QED) is 0.454. The molecule has 0 spiro atoms. The lowest BCUT2D eigenvalue weighted by Crippen LogP contribution is -2.37. The van der Waals surface area contributed by atoms with Gasteiger partial charge in [0.15, 0.2) is 0 Å². The number of carbonyl (C=O) groups excluding carboxylic acids is 2. The molecule has 26 heavy (non-hydrogen) atoms. The Morgan fingerprint density at radius 1 is 1.19 bits per heavy atom. The molecule has 0 N–H and O–H groups in total. The van der Waals surface area contributed by atoms with Crippen molar-refractivity contribution in [1.29, 1.82) is 0 Å². The number of aliphatic imine (C=N–C) groups is 1. The number of esters is 1. The highest BCUT2D eigenvalue weighted by Crippen LogP contribution is 2.33. The number of nitrogens with zero attached hydrogens (tertiary/aromatic N) is 1. The summed E-state index contributed by atoms with van der Waals surface area (Å²) < 4.78 is 11.0. The van der Waals surface area contributed by atoms with Crippen LogP contribution in [0.5, 0.6) is 5.75 Å². The van der Waals surface area contributed by atoms with Crippen LogP contribution >= 0.6 is 11.6 Å². The van der Waals surface area contributed by atoms with Gasteiger partial charge in [0.05, 0.1) is 17.0 Å². The Bertz CT molecular complexity index is 907. The van der Waals surface area contributed by atoms with Gasteiger partial charge in [-0.05, 0) is 36.8 Å². The fourth-order valence-corrected chi connectivity index (χ4v) is 2.65. The fraction of sp³-hybridized carbons (Fsp3) is 0.150. The van der Waals surface area contributed by atoms with Gasteiger partial charge in [-0.2, -0.15) is 4.99 Å². The van der Waals surface area contributed by atoms with Crippen LogP contribution in [0.4, 0.5) is 0 Å². The van der Waals surface area contributed by atoms with Gasteiger partial charge in [-0.1, -0.05) is 48.5 Å². The largest absolute Gasteiger partial charge is 0.456 e. The van der Waals surface area contributed by atoms with E-state index < -0.39 is 17.5 Å². The number of carbonyl (C=O) groups is 2. The first-order chi connectivity index (χ1) is 12.4. The molecule has 3 rings (SSSR count). The van der Waals surface area contributed by atoms with Crippen LogP contribution in [0.15, 0.2) is 71.7 Å². The average molecular weight is 370 g/mol. The molecular formula is C20H16ClNO4. The number of para-hydroxylation sites is 1. The number of hydrogen-bond acceptors (Lipinski definition) is 4. The van der Waals surface area contributed by atoms with Gasteiger partial charge >= 0.3 is 5.97 Å². The normalized spacial score (nSPS) is 18.8. The zero-order valence-electron chi connectivity index (χ0n) is 14.1. The van der Waals surface area contributed by atoms with Crippen LogP contribution in [-0.2, 0) is 14.3 Å². The molecule has 0 saturated carbocycles. The summed E-state index contributed by atoms with van der Waals surface area (Å²) in [5, 5.41) is 0.414. The maximum Gasteiger partial charge on any atom is 0.315 e. The topological polar surface area (TPSA) is 65.0 Å². The molecule has 1 heterocycles. The first-order valence-electron chi connectivity index (χ1n) is 7.91. The lowest BCUT2D eigenvalue weighted by molar-refractivity contribution is -0.134. The lowest BCUT2D eigenvalue weighted by atomic mass is 9.94. The number of rotatable bonds is 5. The minimum absolute atomic E-state index is 0.112. The van der Waals surface area contributed by atoms with Crippen molar-refractivity contribution in [2.45, 2.75) is 18.9 Å². The Hall–Kier alpha value is -2.92. The van der Waals surface area contributed by atoms with Crippen LogP contribution in [0.3, 0.4) is 0 Å². The number of ether oxygens (including phenoxy) is 2. The summed E-state index contributed by atoms with van der Waals surface area (Å²) in [5.74, 6) is -0.544. The molecule has 1 atom stereocenters.